The van der Waals surface area contributed by atoms with Gasteiger partial charge in [0.05, 0.1) is 0 Å². The van der Waals surface area contributed by atoms with E-state index in [0.717, 1.165) is 5.82 Å². The van der Waals surface area contributed by atoms with Gasteiger partial charge in [-0.05, 0) is 18.9 Å². The second-order valence-electron chi connectivity index (χ2n) is 3.57. The van der Waals surface area contributed by atoms with Crippen LogP contribution in [0.3, 0.4) is 0 Å². The highest BCUT2D eigenvalue weighted by Gasteiger charge is 2.12. The number of aromatic nitrogens is 2. The van der Waals surface area contributed by atoms with Gasteiger partial charge in [-0.2, -0.15) is 0 Å². The summed E-state index contributed by atoms with van der Waals surface area (Å²) in [6.07, 6.45) is 10.0. The van der Waals surface area contributed by atoms with Gasteiger partial charge in [0.2, 0.25) is 0 Å². The smallest absolute Gasteiger partial charge is 0.129 e. The molecule has 0 spiro atoms. The van der Waals surface area contributed by atoms with E-state index < -0.39 is 0 Å². The topological polar surface area (TPSA) is 37.8 Å². The Morgan fingerprint density at radius 3 is 2.53 bits per heavy atom. The molecular weight excluding hydrogens is 186 g/mol. The molecule has 1 fully saturated rings. The zero-order valence-electron chi connectivity index (χ0n) is 9.74. The third-order valence-corrected chi connectivity index (χ3v) is 2.54. The Balaban J connectivity index is 0.000000531. The summed E-state index contributed by atoms with van der Waals surface area (Å²) in [4.78, 5) is 8.04. The average Bonchev–Trinajstić information content (AvgIpc) is 2.34. The van der Waals surface area contributed by atoms with E-state index in [1.165, 1.54) is 32.1 Å². The number of hydrogen-bond donors (Lipinski definition) is 1. The minimum atomic E-state index is 0.628. The van der Waals surface area contributed by atoms with Crippen LogP contribution >= 0.6 is 0 Å². The first-order chi connectivity index (χ1) is 7.45. The highest BCUT2D eigenvalue weighted by atomic mass is 15.0. The molecule has 0 amide bonds. The van der Waals surface area contributed by atoms with Crippen molar-refractivity contribution in [3.63, 3.8) is 0 Å². The SMILES string of the molecule is CC.c1cc(NC2CCCCC2)ncn1. The van der Waals surface area contributed by atoms with Gasteiger partial charge in [-0.3, -0.25) is 0 Å². The maximum atomic E-state index is 4.15. The lowest BCUT2D eigenvalue weighted by Crippen LogP contribution is -2.22. The maximum Gasteiger partial charge on any atom is 0.129 e. The summed E-state index contributed by atoms with van der Waals surface area (Å²) >= 11 is 0. The van der Waals surface area contributed by atoms with Crippen molar-refractivity contribution in [2.24, 2.45) is 0 Å². The van der Waals surface area contributed by atoms with Crippen molar-refractivity contribution in [1.29, 1.82) is 0 Å². The Hall–Kier alpha value is -1.12. The van der Waals surface area contributed by atoms with Gasteiger partial charge in [0.15, 0.2) is 0 Å². The monoisotopic (exact) mass is 207 g/mol. The summed E-state index contributed by atoms with van der Waals surface area (Å²) in [6, 6.07) is 2.55. The zero-order chi connectivity index (χ0) is 10.9. The summed E-state index contributed by atoms with van der Waals surface area (Å²) in [5.41, 5.74) is 0. The van der Waals surface area contributed by atoms with Crippen LogP contribution in [0.15, 0.2) is 18.6 Å². The molecule has 84 valence electrons. The first kappa shape index (κ1) is 12.0. The molecule has 15 heavy (non-hydrogen) atoms. The Morgan fingerprint density at radius 2 is 1.93 bits per heavy atom. The van der Waals surface area contributed by atoms with Crippen LogP contribution in [0, 0.1) is 0 Å². The van der Waals surface area contributed by atoms with E-state index in [0.29, 0.717) is 6.04 Å². The molecule has 1 heterocycles. The van der Waals surface area contributed by atoms with Gasteiger partial charge < -0.3 is 5.32 Å². The third-order valence-electron chi connectivity index (χ3n) is 2.54. The summed E-state index contributed by atoms with van der Waals surface area (Å²) in [5.74, 6) is 0.960. The Kier molecular flexibility index (Phi) is 5.74. The fraction of sp³-hybridized carbons (Fsp3) is 0.667. The largest absolute Gasteiger partial charge is 0.367 e. The van der Waals surface area contributed by atoms with E-state index in [4.69, 9.17) is 0 Å². The van der Waals surface area contributed by atoms with Crippen LogP contribution in [0.25, 0.3) is 0 Å². The lowest BCUT2D eigenvalue weighted by molar-refractivity contribution is 0.462. The molecular formula is C12H21N3. The van der Waals surface area contributed by atoms with Crippen molar-refractivity contribution in [2.75, 3.05) is 5.32 Å². The minimum Gasteiger partial charge on any atom is -0.367 e. The number of rotatable bonds is 2. The van der Waals surface area contributed by atoms with Crippen LogP contribution in [-0.2, 0) is 0 Å². The molecule has 0 saturated heterocycles. The number of anilines is 1. The van der Waals surface area contributed by atoms with Gasteiger partial charge in [0.1, 0.15) is 12.1 Å². The lowest BCUT2D eigenvalue weighted by atomic mass is 9.95. The van der Waals surface area contributed by atoms with Gasteiger partial charge >= 0.3 is 0 Å². The van der Waals surface area contributed by atoms with Gasteiger partial charge in [-0.15, -0.1) is 0 Å². The molecule has 0 radical (unpaired) electrons. The third kappa shape index (κ3) is 4.28. The van der Waals surface area contributed by atoms with E-state index >= 15 is 0 Å². The van der Waals surface area contributed by atoms with E-state index in [-0.39, 0.29) is 0 Å². The Labute approximate surface area is 92.3 Å². The van der Waals surface area contributed by atoms with Crippen LogP contribution in [0.5, 0.6) is 0 Å². The summed E-state index contributed by atoms with van der Waals surface area (Å²) < 4.78 is 0. The molecule has 2 rings (SSSR count). The molecule has 1 aliphatic rings. The number of nitrogens with one attached hydrogen (secondary N) is 1. The highest BCUT2D eigenvalue weighted by Crippen LogP contribution is 2.20. The molecule has 1 aliphatic carbocycles. The molecule has 0 atom stereocenters. The maximum absolute atomic E-state index is 4.15. The van der Waals surface area contributed by atoms with Gasteiger partial charge in [-0.25, -0.2) is 9.97 Å². The van der Waals surface area contributed by atoms with Crippen molar-refractivity contribution in [2.45, 2.75) is 52.0 Å². The number of nitrogens with zero attached hydrogens (tertiary/aromatic N) is 2. The number of hydrogen-bond acceptors (Lipinski definition) is 3. The van der Waals surface area contributed by atoms with E-state index in [1.807, 2.05) is 19.9 Å². The van der Waals surface area contributed by atoms with Crippen LogP contribution in [-0.4, -0.2) is 16.0 Å². The Bertz CT molecular complexity index is 242. The highest BCUT2D eigenvalue weighted by molar-refractivity contribution is 5.32. The summed E-state index contributed by atoms with van der Waals surface area (Å²) in [6.45, 7) is 4.00. The van der Waals surface area contributed by atoms with Gasteiger partial charge in [0, 0.05) is 12.2 Å². The molecule has 1 saturated carbocycles. The van der Waals surface area contributed by atoms with Crippen molar-refractivity contribution in [1.82, 2.24) is 9.97 Å². The molecule has 0 unspecified atom stereocenters. The fourth-order valence-electron chi connectivity index (χ4n) is 1.83. The molecule has 3 nitrogen and oxygen atoms in total. The predicted octanol–water partition coefficient (Wildman–Crippen LogP) is 3.25. The van der Waals surface area contributed by atoms with Crippen molar-refractivity contribution in [3.8, 4) is 0 Å². The van der Waals surface area contributed by atoms with Crippen LogP contribution in [0.2, 0.25) is 0 Å². The lowest BCUT2D eigenvalue weighted by Gasteiger charge is -2.22. The second kappa shape index (κ2) is 7.21. The molecule has 1 N–H and O–H groups in total. The predicted molar refractivity (Wildman–Crippen MR) is 63.9 cm³/mol. The molecule has 0 bridgehead atoms. The molecule has 1 aromatic heterocycles. The van der Waals surface area contributed by atoms with E-state index in [1.54, 1.807) is 12.5 Å². The second-order valence-corrected chi connectivity index (χ2v) is 3.57. The first-order valence-electron chi connectivity index (χ1n) is 5.98. The van der Waals surface area contributed by atoms with E-state index in [9.17, 15) is 0 Å². The van der Waals surface area contributed by atoms with E-state index in [2.05, 4.69) is 15.3 Å². The fourth-order valence-corrected chi connectivity index (χ4v) is 1.83. The zero-order valence-corrected chi connectivity index (χ0v) is 9.74. The molecule has 3 heteroatoms. The normalized spacial score (nSPS) is 16.4. The Morgan fingerprint density at radius 1 is 1.20 bits per heavy atom. The molecule has 1 aromatic rings. The van der Waals surface area contributed by atoms with Crippen molar-refractivity contribution >= 4 is 5.82 Å². The molecule has 0 aliphatic heterocycles. The quantitative estimate of drug-likeness (QED) is 0.809. The first-order valence-corrected chi connectivity index (χ1v) is 5.98. The van der Waals surface area contributed by atoms with Gasteiger partial charge in [0.25, 0.3) is 0 Å². The summed E-state index contributed by atoms with van der Waals surface area (Å²) in [5, 5.41) is 3.43. The minimum absolute atomic E-state index is 0.628. The van der Waals surface area contributed by atoms with Gasteiger partial charge in [-0.1, -0.05) is 33.1 Å². The van der Waals surface area contributed by atoms with Crippen LogP contribution < -0.4 is 5.32 Å². The molecule has 0 aromatic carbocycles. The van der Waals surface area contributed by atoms with Crippen molar-refractivity contribution < 1.29 is 0 Å². The van der Waals surface area contributed by atoms with Crippen molar-refractivity contribution in [3.05, 3.63) is 18.6 Å². The van der Waals surface area contributed by atoms with Crippen LogP contribution in [0.1, 0.15) is 46.0 Å². The standard InChI is InChI=1S/C10H15N3.C2H6/c1-2-4-9(5-3-1)13-10-6-7-11-8-12-10;1-2/h6-9H,1-5H2,(H,11,12,13);1-2H3. The average molecular weight is 207 g/mol. The summed E-state index contributed by atoms with van der Waals surface area (Å²) in [7, 11) is 0. The van der Waals surface area contributed by atoms with Crippen LogP contribution in [0.4, 0.5) is 5.82 Å².